The molecule has 1 nitrogen and oxygen atoms in total. The van der Waals surface area contributed by atoms with Crippen molar-refractivity contribution in [1.82, 2.24) is 0 Å². The van der Waals surface area contributed by atoms with Crippen LogP contribution in [0.2, 0.25) is 0 Å². The molecule has 100 valence electrons. The first-order valence-electron chi connectivity index (χ1n) is 7.63. The number of aryl methyl sites for hydroxylation is 2. The molecule has 1 aromatic rings. The van der Waals surface area contributed by atoms with Gasteiger partial charge < -0.3 is 5.32 Å². The molecule has 0 radical (unpaired) electrons. The lowest BCUT2D eigenvalue weighted by atomic mass is 9.87. The van der Waals surface area contributed by atoms with Gasteiger partial charge >= 0.3 is 0 Å². The molecular weight excluding hydrogens is 218 g/mol. The second kappa shape index (κ2) is 6.82. The van der Waals surface area contributed by atoms with E-state index in [-0.39, 0.29) is 0 Å². The summed E-state index contributed by atoms with van der Waals surface area (Å²) in [5.74, 6) is 0.973. The first-order chi connectivity index (χ1) is 8.81. The lowest BCUT2D eigenvalue weighted by molar-refractivity contribution is 0.345. The molecule has 1 heteroatoms. The standard InChI is InChI=1S/C17H27N/c1-3-16-11-7-8-14(2)17(16)18-13-12-15-9-5-4-6-10-15/h7-8,11,15,18H,3-6,9-10,12-13H2,1-2H3. The van der Waals surface area contributed by atoms with Crippen LogP contribution in [-0.4, -0.2) is 6.54 Å². The second-order valence-corrected chi connectivity index (χ2v) is 5.68. The third-order valence-corrected chi connectivity index (χ3v) is 4.32. The van der Waals surface area contributed by atoms with Gasteiger partial charge in [-0.2, -0.15) is 0 Å². The molecule has 1 aliphatic carbocycles. The van der Waals surface area contributed by atoms with Crippen molar-refractivity contribution in [3.8, 4) is 0 Å². The molecule has 0 aliphatic heterocycles. The van der Waals surface area contributed by atoms with Crippen LogP contribution < -0.4 is 5.32 Å². The Morgan fingerprint density at radius 1 is 1.17 bits per heavy atom. The molecule has 1 aromatic carbocycles. The van der Waals surface area contributed by atoms with Gasteiger partial charge in [-0.3, -0.25) is 0 Å². The molecule has 0 heterocycles. The van der Waals surface area contributed by atoms with E-state index in [1.54, 1.807) is 0 Å². The average Bonchev–Trinajstić information content (AvgIpc) is 2.41. The second-order valence-electron chi connectivity index (χ2n) is 5.68. The van der Waals surface area contributed by atoms with Crippen LogP contribution in [0.4, 0.5) is 5.69 Å². The molecule has 0 atom stereocenters. The predicted molar refractivity (Wildman–Crippen MR) is 80.2 cm³/mol. The van der Waals surface area contributed by atoms with Crippen molar-refractivity contribution in [3.05, 3.63) is 29.3 Å². The van der Waals surface area contributed by atoms with Gasteiger partial charge in [0.1, 0.15) is 0 Å². The highest BCUT2D eigenvalue weighted by Crippen LogP contribution is 2.27. The van der Waals surface area contributed by atoms with Crippen molar-refractivity contribution in [2.24, 2.45) is 5.92 Å². The van der Waals surface area contributed by atoms with E-state index in [2.05, 4.69) is 37.4 Å². The zero-order valence-electron chi connectivity index (χ0n) is 12.0. The monoisotopic (exact) mass is 245 g/mol. The van der Waals surface area contributed by atoms with Crippen molar-refractivity contribution in [2.45, 2.75) is 58.8 Å². The molecule has 1 saturated carbocycles. The van der Waals surface area contributed by atoms with Crippen molar-refractivity contribution in [1.29, 1.82) is 0 Å². The van der Waals surface area contributed by atoms with Crippen molar-refractivity contribution >= 4 is 5.69 Å². The first-order valence-corrected chi connectivity index (χ1v) is 7.63. The zero-order valence-corrected chi connectivity index (χ0v) is 12.0. The molecule has 18 heavy (non-hydrogen) atoms. The van der Waals surface area contributed by atoms with Gasteiger partial charge in [0.05, 0.1) is 0 Å². The Morgan fingerprint density at radius 3 is 2.67 bits per heavy atom. The SMILES string of the molecule is CCc1cccc(C)c1NCCC1CCCCC1. The van der Waals surface area contributed by atoms with Gasteiger partial charge in [0.25, 0.3) is 0 Å². The van der Waals surface area contributed by atoms with Gasteiger partial charge in [-0.15, -0.1) is 0 Å². The van der Waals surface area contributed by atoms with Gasteiger partial charge in [0.15, 0.2) is 0 Å². The summed E-state index contributed by atoms with van der Waals surface area (Å²) in [6, 6.07) is 6.62. The van der Waals surface area contributed by atoms with E-state index in [9.17, 15) is 0 Å². The van der Waals surface area contributed by atoms with E-state index < -0.39 is 0 Å². The lowest BCUT2D eigenvalue weighted by Crippen LogP contribution is -2.13. The fourth-order valence-corrected chi connectivity index (χ4v) is 3.15. The molecule has 0 unspecified atom stereocenters. The third-order valence-electron chi connectivity index (χ3n) is 4.32. The Kier molecular flexibility index (Phi) is 5.10. The van der Waals surface area contributed by atoms with Crippen LogP contribution >= 0.6 is 0 Å². The zero-order chi connectivity index (χ0) is 12.8. The fraction of sp³-hybridized carbons (Fsp3) is 0.647. The maximum Gasteiger partial charge on any atom is 0.0402 e. The molecule has 0 aromatic heterocycles. The average molecular weight is 245 g/mol. The normalized spacial score (nSPS) is 16.8. The number of hydrogen-bond donors (Lipinski definition) is 1. The van der Waals surface area contributed by atoms with Crippen LogP contribution in [0.15, 0.2) is 18.2 Å². The maximum atomic E-state index is 3.68. The van der Waals surface area contributed by atoms with Crippen LogP contribution in [0.25, 0.3) is 0 Å². The van der Waals surface area contributed by atoms with E-state index in [4.69, 9.17) is 0 Å². The van der Waals surface area contributed by atoms with E-state index in [0.717, 1.165) is 18.9 Å². The third kappa shape index (κ3) is 3.51. The summed E-state index contributed by atoms with van der Waals surface area (Å²) in [7, 11) is 0. The molecule has 1 aliphatic rings. The number of nitrogens with one attached hydrogen (secondary N) is 1. The van der Waals surface area contributed by atoms with Crippen LogP contribution in [0.5, 0.6) is 0 Å². The Morgan fingerprint density at radius 2 is 1.94 bits per heavy atom. The van der Waals surface area contributed by atoms with E-state index in [1.165, 1.54) is 55.3 Å². The van der Waals surface area contributed by atoms with Gasteiger partial charge in [-0.25, -0.2) is 0 Å². The quantitative estimate of drug-likeness (QED) is 0.774. The van der Waals surface area contributed by atoms with Gasteiger partial charge in [-0.1, -0.05) is 57.2 Å². The van der Waals surface area contributed by atoms with Crippen LogP contribution in [0.1, 0.15) is 56.6 Å². The minimum atomic E-state index is 0.973. The summed E-state index contributed by atoms with van der Waals surface area (Å²) in [4.78, 5) is 0. The Balaban J connectivity index is 1.85. The summed E-state index contributed by atoms with van der Waals surface area (Å²) in [5.41, 5.74) is 4.23. The fourth-order valence-electron chi connectivity index (χ4n) is 3.15. The maximum absolute atomic E-state index is 3.68. The molecule has 0 spiro atoms. The van der Waals surface area contributed by atoms with Crippen molar-refractivity contribution in [3.63, 3.8) is 0 Å². The summed E-state index contributed by atoms with van der Waals surface area (Å²) < 4.78 is 0. The van der Waals surface area contributed by atoms with Gasteiger partial charge in [-0.05, 0) is 36.8 Å². The van der Waals surface area contributed by atoms with E-state index >= 15 is 0 Å². The number of para-hydroxylation sites is 1. The Labute approximate surface area is 112 Å². The topological polar surface area (TPSA) is 12.0 Å². The number of anilines is 1. The molecule has 2 rings (SSSR count). The van der Waals surface area contributed by atoms with E-state index in [0.29, 0.717) is 0 Å². The van der Waals surface area contributed by atoms with Gasteiger partial charge in [0.2, 0.25) is 0 Å². The minimum absolute atomic E-state index is 0.973. The summed E-state index contributed by atoms with van der Waals surface area (Å²) in [6.45, 7) is 5.59. The summed E-state index contributed by atoms with van der Waals surface area (Å²) >= 11 is 0. The number of hydrogen-bond acceptors (Lipinski definition) is 1. The molecule has 1 fully saturated rings. The largest absolute Gasteiger partial charge is 0.385 e. The highest BCUT2D eigenvalue weighted by atomic mass is 14.9. The smallest absolute Gasteiger partial charge is 0.0402 e. The Bertz CT molecular complexity index is 364. The van der Waals surface area contributed by atoms with Crippen molar-refractivity contribution < 1.29 is 0 Å². The lowest BCUT2D eigenvalue weighted by Gasteiger charge is -2.22. The molecule has 1 N–H and O–H groups in total. The Hall–Kier alpha value is -0.980. The minimum Gasteiger partial charge on any atom is -0.385 e. The van der Waals surface area contributed by atoms with Gasteiger partial charge in [0, 0.05) is 12.2 Å². The predicted octanol–water partition coefficient (Wildman–Crippen LogP) is 4.94. The van der Waals surface area contributed by atoms with E-state index in [1.807, 2.05) is 0 Å². The van der Waals surface area contributed by atoms with Crippen LogP contribution in [-0.2, 0) is 6.42 Å². The van der Waals surface area contributed by atoms with Crippen molar-refractivity contribution in [2.75, 3.05) is 11.9 Å². The molecular formula is C17H27N. The molecule has 0 amide bonds. The highest BCUT2D eigenvalue weighted by molar-refractivity contribution is 5.57. The number of rotatable bonds is 5. The summed E-state index contributed by atoms with van der Waals surface area (Å²) in [6.07, 6.45) is 9.74. The number of benzene rings is 1. The van der Waals surface area contributed by atoms with Crippen LogP contribution in [0, 0.1) is 12.8 Å². The molecule has 0 saturated heterocycles. The summed E-state index contributed by atoms with van der Waals surface area (Å²) in [5, 5.41) is 3.68. The highest BCUT2D eigenvalue weighted by Gasteiger charge is 2.13. The molecule has 0 bridgehead atoms. The van der Waals surface area contributed by atoms with Crippen LogP contribution in [0.3, 0.4) is 0 Å². The first kappa shape index (κ1) is 13.5.